The molecule has 38 heavy (non-hydrogen) atoms. The van der Waals surface area contributed by atoms with Crippen LogP contribution < -0.4 is 5.32 Å². The van der Waals surface area contributed by atoms with Gasteiger partial charge in [-0.15, -0.1) is 11.3 Å². The molecule has 3 amide bonds. The van der Waals surface area contributed by atoms with Gasteiger partial charge in [0.15, 0.2) is 5.78 Å². The van der Waals surface area contributed by atoms with Gasteiger partial charge in [-0.05, 0) is 60.0 Å². The highest BCUT2D eigenvalue weighted by molar-refractivity contribution is 7.13. The summed E-state index contributed by atoms with van der Waals surface area (Å²) in [4.78, 5) is 57.4. The summed E-state index contributed by atoms with van der Waals surface area (Å²) in [6, 6.07) is 18.5. The van der Waals surface area contributed by atoms with E-state index >= 15 is 0 Å². The molecule has 196 valence electrons. The van der Waals surface area contributed by atoms with E-state index in [2.05, 4.69) is 5.32 Å². The standard InChI is InChI=1S/C30H31N3O4S/c1-19(2)17-23(31-28(35)21-12-10-20(11-13-21)26-9-6-16-38-26)30(37)32-15-14-24-27(32)25(34)18-33(24)29(36)22-7-4-3-5-8-22/h3-13,16,19,23-24,27H,14-15,17-18H2,1-2H3,(H,31,35)/t23-,24?,27?/m0/s1. The number of likely N-dealkylation sites (tertiary alicyclic amines) is 2. The van der Waals surface area contributed by atoms with E-state index in [4.69, 9.17) is 0 Å². The average molecular weight is 530 g/mol. The van der Waals surface area contributed by atoms with Crippen LogP contribution in [0.3, 0.4) is 0 Å². The number of rotatable bonds is 7. The van der Waals surface area contributed by atoms with Crippen molar-refractivity contribution in [3.63, 3.8) is 0 Å². The summed E-state index contributed by atoms with van der Waals surface area (Å²) in [7, 11) is 0. The Hall–Kier alpha value is -3.78. The summed E-state index contributed by atoms with van der Waals surface area (Å²) in [5, 5.41) is 4.94. The highest BCUT2D eigenvalue weighted by Crippen LogP contribution is 2.32. The van der Waals surface area contributed by atoms with Crippen molar-refractivity contribution in [1.82, 2.24) is 15.1 Å². The Bertz CT molecular complexity index is 1320. The fourth-order valence-corrected chi connectivity index (χ4v) is 6.18. The highest BCUT2D eigenvalue weighted by Gasteiger charge is 2.52. The van der Waals surface area contributed by atoms with Crippen molar-refractivity contribution in [2.75, 3.05) is 13.1 Å². The van der Waals surface area contributed by atoms with E-state index in [0.29, 0.717) is 30.5 Å². The Morgan fingerprint density at radius 2 is 1.68 bits per heavy atom. The molecule has 3 aromatic rings. The first kappa shape index (κ1) is 25.9. The van der Waals surface area contributed by atoms with Gasteiger partial charge >= 0.3 is 0 Å². The molecule has 2 aliphatic rings. The van der Waals surface area contributed by atoms with Gasteiger partial charge in [-0.2, -0.15) is 0 Å². The second-order valence-corrected chi connectivity index (χ2v) is 11.3. The number of ketones is 1. The van der Waals surface area contributed by atoms with Crippen LogP contribution in [0.4, 0.5) is 0 Å². The van der Waals surface area contributed by atoms with Crippen molar-refractivity contribution in [3.8, 4) is 10.4 Å². The topological polar surface area (TPSA) is 86.8 Å². The van der Waals surface area contributed by atoms with Gasteiger partial charge in [-0.1, -0.05) is 50.2 Å². The first-order chi connectivity index (χ1) is 18.3. The molecular weight excluding hydrogens is 498 g/mol. The third-order valence-corrected chi connectivity index (χ3v) is 8.17. The fourth-order valence-electron chi connectivity index (χ4n) is 5.45. The van der Waals surface area contributed by atoms with Gasteiger partial charge in [0.1, 0.15) is 12.1 Å². The Balaban J connectivity index is 1.30. The maximum atomic E-state index is 13.7. The van der Waals surface area contributed by atoms with Crippen molar-refractivity contribution < 1.29 is 19.2 Å². The normalized spacial score (nSPS) is 19.5. The van der Waals surface area contributed by atoms with Gasteiger partial charge in [0.05, 0.1) is 12.6 Å². The van der Waals surface area contributed by atoms with Crippen LogP contribution in [0.5, 0.6) is 0 Å². The quantitative estimate of drug-likeness (QED) is 0.496. The SMILES string of the molecule is CC(C)C[C@H](NC(=O)c1ccc(-c2cccs2)cc1)C(=O)N1CCC2C1C(=O)CN2C(=O)c1ccccc1. The molecule has 3 atom stereocenters. The summed E-state index contributed by atoms with van der Waals surface area (Å²) in [6.45, 7) is 4.36. The number of thiophene rings is 1. The smallest absolute Gasteiger partial charge is 0.254 e. The van der Waals surface area contributed by atoms with E-state index in [1.54, 1.807) is 57.5 Å². The van der Waals surface area contributed by atoms with Gasteiger partial charge in [0.2, 0.25) is 5.91 Å². The number of amides is 3. The third-order valence-electron chi connectivity index (χ3n) is 7.25. The maximum Gasteiger partial charge on any atom is 0.254 e. The number of nitrogens with zero attached hydrogens (tertiary/aromatic N) is 2. The first-order valence-electron chi connectivity index (χ1n) is 13.0. The molecule has 0 bridgehead atoms. The number of nitrogens with one attached hydrogen (secondary N) is 1. The second kappa shape index (κ2) is 10.9. The number of hydrogen-bond donors (Lipinski definition) is 1. The molecule has 2 aliphatic heterocycles. The molecule has 0 aliphatic carbocycles. The van der Waals surface area contributed by atoms with E-state index in [1.165, 1.54) is 0 Å². The minimum atomic E-state index is -0.759. The largest absolute Gasteiger partial charge is 0.340 e. The molecule has 3 heterocycles. The van der Waals surface area contributed by atoms with Crippen LogP contribution in [-0.4, -0.2) is 64.5 Å². The molecule has 0 spiro atoms. The lowest BCUT2D eigenvalue weighted by molar-refractivity contribution is -0.138. The molecule has 2 fully saturated rings. The third kappa shape index (κ3) is 5.13. The zero-order chi connectivity index (χ0) is 26.8. The number of benzene rings is 2. The van der Waals surface area contributed by atoms with Crippen LogP contribution in [0, 0.1) is 5.92 Å². The minimum Gasteiger partial charge on any atom is -0.340 e. The predicted octanol–water partition coefficient (Wildman–Crippen LogP) is 4.25. The Morgan fingerprint density at radius 3 is 2.34 bits per heavy atom. The summed E-state index contributed by atoms with van der Waals surface area (Å²) >= 11 is 1.63. The number of Topliss-reactive ketones (excluding diaryl/α,β-unsaturated/α-hetero) is 1. The minimum absolute atomic E-state index is 0.00929. The number of hydrogen-bond acceptors (Lipinski definition) is 5. The molecule has 0 radical (unpaired) electrons. The molecular formula is C30H31N3O4S. The van der Waals surface area contributed by atoms with Gasteiger partial charge in [0.25, 0.3) is 11.8 Å². The Kier molecular flexibility index (Phi) is 7.42. The monoisotopic (exact) mass is 529 g/mol. The molecule has 5 rings (SSSR count). The molecule has 7 nitrogen and oxygen atoms in total. The lowest BCUT2D eigenvalue weighted by Gasteiger charge is -2.29. The van der Waals surface area contributed by atoms with Crippen LogP contribution in [-0.2, 0) is 9.59 Å². The molecule has 2 saturated heterocycles. The molecule has 8 heteroatoms. The summed E-state index contributed by atoms with van der Waals surface area (Å²) in [6.07, 6.45) is 0.986. The second-order valence-electron chi connectivity index (χ2n) is 10.3. The van der Waals surface area contributed by atoms with Crippen molar-refractivity contribution in [2.24, 2.45) is 5.92 Å². The van der Waals surface area contributed by atoms with Crippen molar-refractivity contribution >= 4 is 34.8 Å². The van der Waals surface area contributed by atoms with Crippen molar-refractivity contribution in [2.45, 2.75) is 44.8 Å². The lowest BCUT2D eigenvalue weighted by atomic mass is 10.0. The molecule has 2 aromatic carbocycles. The average Bonchev–Trinajstić information content (AvgIpc) is 3.67. The van der Waals surface area contributed by atoms with Crippen LogP contribution in [0.2, 0.25) is 0 Å². The van der Waals surface area contributed by atoms with Gasteiger partial charge in [-0.3, -0.25) is 19.2 Å². The van der Waals surface area contributed by atoms with Crippen LogP contribution in [0.25, 0.3) is 10.4 Å². The fraction of sp³-hybridized carbons (Fsp3) is 0.333. The van der Waals surface area contributed by atoms with Crippen LogP contribution >= 0.6 is 11.3 Å². The van der Waals surface area contributed by atoms with Gasteiger partial charge in [-0.25, -0.2) is 0 Å². The van der Waals surface area contributed by atoms with Crippen LogP contribution in [0.15, 0.2) is 72.1 Å². The van der Waals surface area contributed by atoms with Crippen molar-refractivity contribution in [1.29, 1.82) is 0 Å². The Labute approximate surface area is 226 Å². The zero-order valence-corrected chi connectivity index (χ0v) is 22.3. The van der Waals surface area contributed by atoms with Gasteiger partial charge < -0.3 is 15.1 Å². The summed E-state index contributed by atoms with van der Waals surface area (Å²) in [5.74, 6) is -0.768. The highest BCUT2D eigenvalue weighted by atomic mass is 32.1. The number of carbonyl (C=O) groups excluding carboxylic acids is 4. The molecule has 0 saturated carbocycles. The first-order valence-corrected chi connectivity index (χ1v) is 13.9. The van der Waals surface area contributed by atoms with E-state index < -0.39 is 12.1 Å². The summed E-state index contributed by atoms with van der Waals surface area (Å²) in [5.41, 5.74) is 2.03. The van der Waals surface area contributed by atoms with E-state index in [1.807, 2.05) is 49.6 Å². The van der Waals surface area contributed by atoms with Crippen LogP contribution in [0.1, 0.15) is 47.4 Å². The van der Waals surface area contributed by atoms with E-state index in [0.717, 1.165) is 10.4 Å². The van der Waals surface area contributed by atoms with Gasteiger partial charge in [0, 0.05) is 22.5 Å². The van der Waals surface area contributed by atoms with E-state index in [-0.39, 0.29) is 42.0 Å². The predicted molar refractivity (Wildman–Crippen MR) is 147 cm³/mol. The zero-order valence-electron chi connectivity index (χ0n) is 21.5. The number of carbonyl (C=O) groups is 4. The molecule has 1 N–H and O–H groups in total. The summed E-state index contributed by atoms with van der Waals surface area (Å²) < 4.78 is 0. The lowest BCUT2D eigenvalue weighted by Crippen LogP contribution is -2.53. The molecule has 2 unspecified atom stereocenters. The Morgan fingerprint density at radius 1 is 0.947 bits per heavy atom. The van der Waals surface area contributed by atoms with E-state index in [9.17, 15) is 19.2 Å². The number of fused-ring (bicyclic) bond motifs is 1. The maximum absolute atomic E-state index is 13.7. The van der Waals surface area contributed by atoms with Crippen molar-refractivity contribution in [3.05, 3.63) is 83.2 Å². The molecule has 1 aromatic heterocycles.